The lowest BCUT2D eigenvalue weighted by atomic mass is 9.87. The molecule has 108 valence electrons. The van der Waals surface area contributed by atoms with Crippen LogP contribution in [-0.4, -0.2) is 10.2 Å². The van der Waals surface area contributed by atoms with E-state index in [4.69, 9.17) is 0 Å². The van der Waals surface area contributed by atoms with Gasteiger partial charge in [-0.1, -0.05) is 58.4 Å². The Kier molecular flexibility index (Phi) is 7.39. The van der Waals surface area contributed by atoms with Gasteiger partial charge in [-0.05, 0) is 30.9 Å². The molecule has 1 rings (SSSR count). The smallest absolute Gasteiger partial charge is 0.122 e. The summed E-state index contributed by atoms with van der Waals surface area (Å²) < 4.78 is 0. The zero-order valence-corrected chi connectivity index (χ0v) is 12.4. The maximum Gasteiger partial charge on any atom is 0.122 e. The van der Waals surface area contributed by atoms with Gasteiger partial charge in [0.15, 0.2) is 0 Å². The van der Waals surface area contributed by atoms with Gasteiger partial charge in [0.2, 0.25) is 0 Å². The minimum atomic E-state index is 0.247. The molecular formula is C17H28O2. The number of phenols is 2. The second-order valence-corrected chi connectivity index (χ2v) is 5.40. The quantitative estimate of drug-likeness (QED) is 0.591. The molecule has 1 atom stereocenters. The van der Waals surface area contributed by atoms with E-state index < -0.39 is 0 Å². The third-order valence-electron chi connectivity index (χ3n) is 3.78. The van der Waals surface area contributed by atoms with Crippen molar-refractivity contribution in [1.29, 1.82) is 0 Å². The molecule has 0 saturated carbocycles. The van der Waals surface area contributed by atoms with Crippen LogP contribution in [0.3, 0.4) is 0 Å². The van der Waals surface area contributed by atoms with Crippen LogP contribution in [0.1, 0.15) is 76.7 Å². The first kappa shape index (κ1) is 15.9. The zero-order valence-electron chi connectivity index (χ0n) is 12.4. The van der Waals surface area contributed by atoms with E-state index in [9.17, 15) is 10.2 Å². The minimum absolute atomic E-state index is 0.247. The fraction of sp³-hybridized carbons (Fsp3) is 0.647. The lowest BCUT2D eigenvalue weighted by molar-refractivity contribution is 0.410. The average molecular weight is 264 g/mol. The van der Waals surface area contributed by atoms with Gasteiger partial charge in [-0.15, -0.1) is 0 Å². The Hall–Kier alpha value is -1.18. The van der Waals surface area contributed by atoms with E-state index in [1.54, 1.807) is 18.2 Å². The van der Waals surface area contributed by atoms with Gasteiger partial charge in [-0.25, -0.2) is 0 Å². The van der Waals surface area contributed by atoms with Gasteiger partial charge >= 0.3 is 0 Å². The van der Waals surface area contributed by atoms with Crippen molar-refractivity contribution in [2.45, 2.75) is 71.1 Å². The molecule has 0 fully saturated rings. The highest BCUT2D eigenvalue weighted by Crippen LogP contribution is 2.39. The number of hydrogen-bond acceptors (Lipinski definition) is 2. The van der Waals surface area contributed by atoms with Gasteiger partial charge < -0.3 is 10.2 Å². The number of benzene rings is 1. The highest BCUT2D eigenvalue weighted by atomic mass is 16.3. The molecule has 0 heterocycles. The molecule has 0 aliphatic heterocycles. The number of unbranched alkanes of at least 4 members (excludes halogenated alkanes) is 4. The van der Waals surface area contributed by atoms with Crippen LogP contribution in [0.15, 0.2) is 18.2 Å². The second kappa shape index (κ2) is 8.84. The molecule has 1 aromatic carbocycles. The first-order valence-electron chi connectivity index (χ1n) is 7.71. The third-order valence-corrected chi connectivity index (χ3v) is 3.78. The lowest BCUT2D eigenvalue weighted by Gasteiger charge is -2.19. The molecule has 19 heavy (non-hydrogen) atoms. The van der Waals surface area contributed by atoms with Crippen molar-refractivity contribution in [2.75, 3.05) is 0 Å². The summed E-state index contributed by atoms with van der Waals surface area (Å²) in [6, 6.07) is 5.06. The first-order chi connectivity index (χ1) is 9.20. The molecule has 0 aromatic heterocycles. The Morgan fingerprint density at radius 2 is 1.42 bits per heavy atom. The molecular weight excluding hydrogens is 236 g/mol. The molecule has 2 nitrogen and oxygen atoms in total. The summed E-state index contributed by atoms with van der Waals surface area (Å²) in [6.07, 6.45) is 9.34. The number of phenolic OH excluding ortho intramolecular Hbond substituents is 2. The predicted molar refractivity (Wildman–Crippen MR) is 80.8 cm³/mol. The standard InChI is InChI=1S/C17H28O2/c1-3-5-7-8-11-14(10-6-4-2)17-15(18)12-9-13-16(17)19/h9,12-14,18-19H,3-8,10-11H2,1-2H3. The van der Waals surface area contributed by atoms with Crippen LogP contribution in [0, 0.1) is 0 Å². The normalized spacial score (nSPS) is 12.5. The largest absolute Gasteiger partial charge is 0.508 e. The van der Waals surface area contributed by atoms with E-state index in [0.29, 0.717) is 0 Å². The molecule has 0 aliphatic rings. The van der Waals surface area contributed by atoms with Gasteiger partial charge in [-0.2, -0.15) is 0 Å². The van der Waals surface area contributed by atoms with Crippen LogP contribution >= 0.6 is 0 Å². The summed E-state index contributed by atoms with van der Waals surface area (Å²) in [5.74, 6) is 0.784. The molecule has 2 heteroatoms. The molecule has 0 amide bonds. The van der Waals surface area contributed by atoms with E-state index in [0.717, 1.165) is 31.2 Å². The third kappa shape index (κ3) is 5.14. The summed E-state index contributed by atoms with van der Waals surface area (Å²) in [4.78, 5) is 0. The minimum Gasteiger partial charge on any atom is -0.508 e. The van der Waals surface area contributed by atoms with Gasteiger partial charge in [0.25, 0.3) is 0 Å². The molecule has 1 aromatic rings. The molecule has 0 aliphatic carbocycles. The number of aromatic hydroxyl groups is 2. The summed E-state index contributed by atoms with van der Waals surface area (Å²) in [6.45, 7) is 4.39. The van der Waals surface area contributed by atoms with Crippen molar-refractivity contribution in [3.05, 3.63) is 23.8 Å². The maximum absolute atomic E-state index is 10.0. The van der Waals surface area contributed by atoms with E-state index in [-0.39, 0.29) is 17.4 Å². The average Bonchev–Trinajstić information content (AvgIpc) is 2.39. The summed E-state index contributed by atoms with van der Waals surface area (Å²) in [5, 5.41) is 20.0. The van der Waals surface area contributed by atoms with Crippen LogP contribution in [0.5, 0.6) is 11.5 Å². The molecule has 1 unspecified atom stereocenters. The van der Waals surface area contributed by atoms with Gasteiger partial charge in [0.05, 0.1) is 0 Å². The fourth-order valence-electron chi connectivity index (χ4n) is 2.66. The van der Waals surface area contributed by atoms with Crippen molar-refractivity contribution in [3.8, 4) is 11.5 Å². The monoisotopic (exact) mass is 264 g/mol. The second-order valence-electron chi connectivity index (χ2n) is 5.40. The lowest BCUT2D eigenvalue weighted by Crippen LogP contribution is -2.00. The summed E-state index contributed by atoms with van der Waals surface area (Å²) in [5.41, 5.74) is 0.757. The number of hydrogen-bond donors (Lipinski definition) is 2. The predicted octanol–water partition coefficient (Wildman–Crippen LogP) is 5.34. The molecule has 0 saturated heterocycles. The Balaban J connectivity index is 2.71. The fourth-order valence-corrected chi connectivity index (χ4v) is 2.66. The Morgan fingerprint density at radius 3 is 2.00 bits per heavy atom. The van der Waals surface area contributed by atoms with E-state index in [2.05, 4.69) is 13.8 Å². The highest BCUT2D eigenvalue weighted by Gasteiger charge is 2.18. The van der Waals surface area contributed by atoms with Gasteiger partial charge in [0, 0.05) is 5.56 Å². The van der Waals surface area contributed by atoms with Crippen molar-refractivity contribution >= 4 is 0 Å². The summed E-state index contributed by atoms with van der Waals surface area (Å²) in [7, 11) is 0. The Morgan fingerprint density at radius 1 is 0.842 bits per heavy atom. The Labute approximate surface area is 117 Å². The van der Waals surface area contributed by atoms with Crippen molar-refractivity contribution in [2.24, 2.45) is 0 Å². The molecule has 2 N–H and O–H groups in total. The maximum atomic E-state index is 10.0. The van der Waals surface area contributed by atoms with Crippen LogP contribution < -0.4 is 0 Å². The van der Waals surface area contributed by atoms with Gasteiger partial charge in [-0.3, -0.25) is 0 Å². The van der Waals surface area contributed by atoms with Crippen LogP contribution in [0.4, 0.5) is 0 Å². The number of rotatable bonds is 9. The molecule has 0 spiro atoms. The first-order valence-corrected chi connectivity index (χ1v) is 7.71. The van der Waals surface area contributed by atoms with E-state index >= 15 is 0 Å². The van der Waals surface area contributed by atoms with Crippen LogP contribution in [-0.2, 0) is 0 Å². The topological polar surface area (TPSA) is 40.5 Å². The zero-order chi connectivity index (χ0) is 14.1. The van der Waals surface area contributed by atoms with Crippen LogP contribution in [0.25, 0.3) is 0 Å². The summed E-state index contributed by atoms with van der Waals surface area (Å²) >= 11 is 0. The highest BCUT2D eigenvalue weighted by molar-refractivity contribution is 5.45. The van der Waals surface area contributed by atoms with E-state index in [1.807, 2.05) is 0 Å². The van der Waals surface area contributed by atoms with Gasteiger partial charge in [0.1, 0.15) is 11.5 Å². The van der Waals surface area contributed by atoms with Crippen LogP contribution in [0.2, 0.25) is 0 Å². The SMILES string of the molecule is CCCCCCC(CCCC)c1c(O)cccc1O. The van der Waals surface area contributed by atoms with Crippen molar-refractivity contribution in [3.63, 3.8) is 0 Å². The Bertz CT molecular complexity index is 340. The molecule has 0 bridgehead atoms. The van der Waals surface area contributed by atoms with Crippen molar-refractivity contribution in [1.82, 2.24) is 0 Å². The van der Waals surface area contributed by atoms with E-state index in [1.165, 1.54) is 25.7 Å². The molecule has 0 radical (unpaired) electrons. The van der Waals surface area contributed by atoms with Crippen molar-refractivity contribution < 1.29 is 10.2 Å².